The Hall–Kier alpha value is -2.71. The van der Waals surface area contributed by atoms with Crippen LogP contribution in [-0.2, 0) is 11.0 Å². The molecule has 0 N–H and O–H groups in total. The molecule has 5 heteroatoms. The van der Waals surface area contributed by atoms with E-state index in [4.69, 9.17) is 13.6 Å². The lowest BCUT2D eigenvalue weighted by Gasteiger charge is -2.24. The molecule has 25 heavy (non-hydrogen) atoms. The summed E-state index contributed by atoms with van der Waals surface area (Å²) in [5.41, 5.74) is 2.96. The Morgan fingerprint density at radius 1 is 0.800 bits per heavy atom. The molecule has 126 valence electrons. The molecule has 0 spiro atoms. The highest BCUT2D eigenvalue weighted by atomic mass is 31.2. The third kappa shape index (κ3) is 3.40. The van der Waals surface area contributed by atoms with Crippen LogP contribution in [0.3, 0.4) is 0 Å². The molecule has 0 amide bonds. The molecule has 0 aromatic heterocycles. The summed E-state index contributed by atoms with van der Waals surface area (Å²) in [5, 5.41) is 0. The molecule has 0 atom stereocenters. The third-order valence-electron chi connectivity index (χ3n) is 3.98. The summed E-state index contributed by atoms with van der Waals surface area (Å²) < 4.78 is 30.4. The first-order chi connectivity index (χ1) is 12.1. The predicted octanol–water partition coefficient (Wildman–Crippen LogP) is 5.54. The van der Waals surface area contributed by atoms with E-state index in [1.165, 1.54) is 0 Å². The molecule has 0 saturated heterocycles. The molecule has 0 bridgehead atoms. The first-order valence-corrected chi connectivity index (χ1v) is 9.49. The second kappa shape index (κ2) is 6.30. The number of phosphoric ester groups is 1. The lowest BCUT2D eigenvalue weighted by molar-refractivity contribution is 0.294. The van der Waals surface area contributed by atoms with Crippen molar-refractivity contribution in [2.45, 2.75) is 13.3 Å². The molecule has 3 aromatic rings. The van der Waals surface area contributed by atoms with E-state index >= 15 is 0 Å². The average molecular weight is 352 g/mol. The molecular formula is C20H17O4P. The molecule has 0 radical (unpaired) electrons. The van der Waals surface area contributed by atoms with Gasteiger partial charge in [-0.2, -0.15) is 4.57 Å². The fraction of sp³-hybridized carbons (Fsp3) is 0.100. The van der Waals surface area contributed by atoms with Crippen LogP contribution in [0, 0.1) is 6.92 Å². The Balaban J connectivity index is 1.77. The maximum absolute atomic E-state index is 13.3. The van der Waals surface area contributed by atoms with Gasteiger partial charge in [-0.15, -0.1) is 0 Å². The number of benzene rings is 3. The van der Waals surface area contributed by atoms with Crippen molar-refractivity contribution in [3.63, 3.8) is 0 Å². The summed E-state index contributed by atoms with van der Waals surface area (Å²) in [6.07, 6.45) is 0.636. The summed E-state index contributed by atoms with van der Waals surface area (Å²) in [6, 6.07) is 22.2. The molecule has 4 nitrogen and oxygen atoms in total. The Labute approximate surface area is 146 Å². The lowest BCUT2D eigenvalue weighted by atomic mass is 10.0. The van der Waals surface area contributed by atoms with Gasteiger partial charge in [0.1, 0.15) is 17.2 Å². The standard InChI is InChI=1S/C20H17O4P/c1-15-10-12-18(13-11-15)22-25(21)23-19-8-4-2-6-16(19)14-17-7-3-5-9-20(17)24-25/h2-13H,14H2,1H3. The smallest absolute Gasteiger partial charge is 0.386 e. The van der Waals surface area contributed by atoms with Crippen LogP contribution in [0.1, 0.15) is 16.7 Å². The summed E-state index contributed by atoms with van der Waals surface area (Å²) in [6.45, 7) is 1.97. The second-order valence-corrected chi connectivity index (χ2v) is 7.37. The van der Waals surface area contributed by atoms with Crippen molar-refractivity contribution in [3.05, 3.63) is 89.5 Å². The Morgan fingerprint density at radius 3 is 1.88 bits per heavy atom. The van der Waals surface area contributed by atoms with Gasteiger partial charge in [0.15, 0.2) is 0 Å². The molecular weight excluding hydrogens is 335 g/mol. The van der Waals surface area contributed by atoms with Gasteiger partial charge in [0.2, 0.25) is 0 Å². The van der Waals surface area contributed by atoms with Gasteiger partial charge in [-0.3, -0.25) is 0 Å². The molecule has 1 aliphatic heterocycles. The molecule has 0 aliphatic carbocycles. The number of para-hydroxylation sites is 2. The van der Waals surface area contributed by atoms with Gasteiger partial charge < -0.3 is 13.6 Å². The number of hydrogen-bond donors (Lipinski definition) is 0. The van der Waals surface area contributed by atoms with Gasteiger partial charge >= 0.3 is 7.82 Å². The number of aryl methyl sites for hydroxylation is 1. The summed E-state index contributed by atoms with van der Waals surface area (Å²) >= 11 is 0. The van der Waals surface area contributed by atoms with Crippen LogP contribution in [0.15, 0.2) is 72.8 Å². The number of phosphoric acid groups is 1. The largest absolute Gasteiger partial charge is 0.647 e. The van der Waals surface area contributed by atoms with Crippen molar-refractivity contribution in [3.8, 4) is 17.2 Å². The highest BCUT2D eigenvalue weighted by molar-refractivity contribution is 7.49. The maximum Gasteiger partial charge on any atom is 0.647 e. The fourth-order valence-corrected chi connectivity index (χ4v) is 4.04. The van der Waals surface area contributed by atoms with E-state index in [0.29, 0.717) is 23.7 Å². The Bertz CT molecular complexity index is 898. The number of hydrogen-bond acceptors (Lipinski definition) is 4. The van der Waals surface area contributed by atoms with E-state index in [1.807, 2.05) is 55.5 Å². The normalized spacial score (nSPS) is 14.8. The molecule has 4 rings (SSSR count). The molecule has 0 unspecified atom stereocenters. The summed E-state index contributed by atoms with van der Waals surface area (Å²) in [4.78, 5) is 0. The van der Waals surface area contributed by atoms with Crippen LogP contribution >= 0.6 is 7.82 Å². The first kappa shape index (κ1) is 15.8. The van der Waals surface area contributed by atoms with E-state index in [2.05, 4.69) is 0 Å². The van der Waals surface area contributed by atoms with Crippen LogP contribution in [0.5, 0.6) is 17.2 Å². The monoisotopic (exact) mass is 352 g/mol. The van der Waals surface area contributed by atoms with Crippen LogP contribution < -0.4 is 13.6 Å². The summed E-state index contributed by atoms with van der Waals surface area (Å²) in [5.74, 6) is 1.45. The van der Waals surface area contributed by atoms with Crippen LogP contribution in [0.25, 0.3) is 0 Å². The molecule has 1 aliphatic rings. The summed E-state index contributed by atoms with van der Waals surface area (Å²) in [7, 11) is -3.89. The van der Waals surface area contributed by atoms with Gasteiger partial charge in [-0.05, 0) is 42.3 Å². The second-order valence-electron chi connectivity index (χ2n) is 5.93. The first-order valence-electron chi connectivity index (χ1n) is 8.03. The zero-order chi connectivity index (χ0) is 17.3. The quantitative estimate of drug-likeness (QED) is 0.568. The third-order valence-corrected chi connectivity index (χ3v) is 5.26. The predicted molar refractivity (Wildman–Crippen MR) is 96.4 cm³/mol. The minimum atomic E-state index is -3.89. The number of fused-ring (bicyclic) bond motifs is 2. The van der Waals surface area contributed by atoms with Crippen molar-refractivity contribution in [1.29, 1.82) is 0 Å². The zero-order valence-corrected chi connectivity index (χ0v) is 14.6. The van der Waals surface area contributed by atoms with Gasteiger partial charge in [-0.1, -0.05) is 54.1 Å². The minimum Gasteiger partial charge on any atom is -0.386 e. The zero-order valence-electron chi connectivity index (χ0n) is 13.7. The van der Waals surface area contributed by atoms with E-state index in [9.17, 15) is 4.57 Å². The van der Waals surface area contributed by atoms with Crippen molar-refractivity contribution in [2.24, 2.45) is 0 Å². The van der Waals surface area contributed by atoms with E-state index in [1.54, 1.807) is 24.3 Å². The van der Waals surface area contributed by atoms with Crippen molar-refractivity contribution in [1.82, 2.24) is 0 Å². The van der Waals surface area contributed by atoms with Crippen molar-refractivity contribution in [2.75, 3.05) is 0 Å². The molecule has 0 saturated carbocycles. The minimum absolute atomic E-state index is 0.435. The van der Waals surface area contributed by atoms with Crippen LogP contribution in [-0.4, -0.2) is 0 Å². The van der Waals surface area contributed by atoms with Gasteiger partial charge in [-0.25, -0.2) is 0 Å². The van der Waals surface area contributed by atoms with E-state index < -0.39 is 7.82 Å². The topological polar surface area (TPSA) is 44.8 Å². The Kier molecular flexibility index (Phi) is 3.98. The SMILES string of the molecule is Cc1ccc(OP2(=O)Oc3ccccc3Cc3ccccc3O2)cc1. The van der Waals surface area contributed by atoms with Gasteiger partial charge in [0.25, 0.3) is 0 Å². The van der Waals surface area contributed by atoms with E-state index in [-0.39, 0.29) is 0 Å². The highest BCUT2D eigenvalue weighted by Gasteiger charge is 2.36. The van der Waals surface area contributed by atoms with Crippen LogP contribution in [0.4, 0.5) is 0 Å². The average Bonchev–Trinajstić information content (AvgIpc) is 2.59. The molecule has 3 aromatic carbocycles. The van der Waals surface area contributed by atoms with Crippen LogP contribution in [0.2, 0.25) is 0 Å². The van der Waals surface area contributed by atoms with Crippen molar-refractivity contribution >= 4 is 7.82 Å². The van der Waals surface area contributed by atoms with Gasteiger partial charge in [0, 0.05) is 6.42 Å². The molecule has 1 heterocycles. The van der Waals surface area contributed by atoms with Crippen molar-refractivity contribution < 1.29 is 18.1 Å². The highest BCUT2D eigenvalue weighted by Crippen LogP contribution is 2.52. The lowest BCUT2D eigenvalue weighted by Crippen LogP contribution is -2.12. The number of rotatable bonds is 2. The van der Waals surface area contributed by atoms with E-state index in [0.717, 1.165) is 16.7 Å². The van der Waals surface area contributed by atoms with Gasteiger partial charge in [0.05, 0.1) is 0 Å². The maximum atomic E-state index is 13.3. The molecule has 0 fully saturated rings. The fourth-order valence-electron chi connectivity index (χ4n) is 2.71. The Morgan fingerprint density at radius 2 is 1.32 bits per heavy atom.